The van der Waals surface area contributed by atoms with Gasteiger partial charge in [0.15, 0.2) is 0 Å². The molecule has 2 saturated carbocycles. The van der Waals surface area contributed by atoms with Crippen LogP contribution in [0.3, 0.4) is 0 Å². The normalized spacial score (nSPS) is 32.9. The molecule has 0 saturated heterocycles. The lowest BCUT2D eigenvalue weighted by atomic mass is 9.94. The zero-order chi connectivity index (χ0) is 11.8. The van der Waals surface area contributed by atoms with Crippen molar-refractivity contribution in [2.45, 2.75) is 44.7 Å². The summed E-state index contributed by atoms with van der Waals surface area (Å²) in [6.07, 6.45) is 5.74. The Morgan fingerprint density at radius 2 is 2.18 bits per heavy atom. The van der Waals surface area contributed by atoms with Gasteiger partial charge in [0.25, 0.3) is 0 Å². The van der Waals surface area contributed by atoms with Gasteiger partial charge < -0.3 is 5.32 Å². The largest absolute Gasteiger partial charge is 0.307 e. The number of fused-ring (bicyclic) bond motifs is 2. The van der Waals surface area contributed by atoms with Crippen molar-refractivity contribution in [1.82, 2.24) is 5.32 Å². The number of hydrogen-bond donors (Lipinski definition) is 1. The summed E-state index contributed by atoms with van der Waals surface area (Å²) < 4.78 is 0. The van der Waals surface area contributed by atoms with Crippen LogP contribution in [-0.2, 0) is 0 Å². The molecular formula is C15H20ClN. The molecule has 0 aromatic heterocycles. The molecule has 4 unspecified atom stereocenters. The lowest BCUT2D eigenvalue weighted by Gasteiger charge is -2.27. The van der Waals surface area contributed by atoms with E-state index in [-0.39, 0.29) is 0 Å². The molecule has 2 bridgehead atoms. The first-order chi connectivity index (χ1) is 8.22. The van der Waals surface area contributed by atoms with Crippen LogP contribution in [0.4, 0.5) is 0 Å². The second kappa shape index (κ2) is 4.62. The van der Waals surface area contributed by atoms with Gasteiger partial charge in [-0.05, 0) is 55.7 Å². The van der Waals surface area contributed by atoms with E-state index in [9.17, 15) is 0 Å². The molecule has 17 heavy (non-hydrogen) atoms. The van der Waals surface area contributed by atoms with Crippen molar-refractivity contribution in [2.75, 3.05) is 0 Å². The maximum atomic E-state index is 6.04. The Morgan fingerprint density at radius 1 is 1.29 bits per heavy atom. The fourth-order valence-electron chi connectivity index (χ4n) is 3.64. The maximum absolute atomic E-state index is 6.04. The van der Waals surface area contributed by atoms with Crippen LogP contribution in [0, 0.1) is 11.8 Å². The molecule has 0 amide bonds. The molecule has 2 fully saturated rings. The van der Waals surface area contributed by atoms with Crippen LogP contribution in [0.2, 0.25) is 5.02 Å². The second-order valence-corrected chi connectivity index (χ2v) is 6.16. The molecule has 92 valence electrons. The standard InChI is InChI=1S/C15H20ClN/c1-10(12-3-2-4-14(16)9-12)17-15-8-11-5-6-13(15)7-11/h2-4,9-11,13,15,17H,5-8H2,1H3. The molecule has 4 atom stereocenters. The summed E-state index contributed by atoms with van der Waals surface area (Å²) in [5, 5.41) is 4.63. The minimum absolute atomic E-state index is 0.415. The van der Waals surface area contributed by atoms with Gasteiger partial charge in [-0.3, -0.25) is 0 Å². The fraction of sp³-hybridized carbons (Fsp3) is 0.600. The van der Waals surface area contributed by atoms with Crippen LogP contribution >= 0.6 is 11.6 Å². The predicted octanol–water partition coefficient (Wildman–Crippen LogP) is 4.18. The zero-order valence-electron chi connectivity index (χ0n) is 10.3. The van der Waals surface area contributed by atoms with Gasteiger partial charge in [-0.15, -0.1) is 0 Å². The van der Waals surface area contributed by atoms with Crippen molar-refractivity contribution in [1.29, 1.82) is 0 Å². The van der Waals surface area contributed by atoms with Gasteiger partial charge in [0, 0.05) is 17.1 Å². The molecule has 0 radical (unpaired) electrons. The Labute approximate surface area is 109 Å². The minimum Gasteiger partial charge on any atom is -0.307 e. The summed E-state index contributed by atoms with van der Waals surface area (Å²) in [5.74, 6) is 1.94. The van der Waals surface area contributed by atoms with Crippen molar-refractivity contribution < 1.29 is 0 Å². The number of rotatable bonds is 3. The highest BCUT2D eigenvalue weighted by molar-refractivity contribution is 6.30. The van der Waals surface area contributed by atoms with Gasteiger partial charge in [-0.1, -0.05) is 30.2 Å². The van der Waals surface area contributed by atoms with Gasteiger partial charge in [0.05, 0.1) is 0 Å². The van der Waals surface area contributed by atoms with E-state index in [0.29, 0.717) is 6.04 Å². The summed E-state index contributed by atoms with van der Waals surface area (Å²) in [4.78, 5) is 0. The van der Waals surface area contributed by atoms with E-state index in [1.165, 1.54) is 31.2 Å². The SMILES string of the molecule is CC(NC1CC2CCC1C2)c1cccc(Cl)c1. The van der Waals surface area contributed by atoms with Crippen molar-refractivity contribution >= 4 is 11.6 Å². The number of halogens is 1. The van der Waals surface area contributed by atoms with E-state index >= 15 is 0 Å². The minimum atomic E-state index is 0.415. The summed E-state index contributed by atoms with van der Waals surface area (Å²) >= 11 is 6.04. The van der Waals surface area contributed by atoms with E-state index in [1.807, 2.05) is 12.1 Å². The highest BCUT2D eigenvalue weighted by atomic mass is 35.5. The van der Waals surface area contributed by atoms with Crippen LogP contribution < -0.4 is 5.32 Å². The third kappa shape index (κ3) is 2.36. The van der Waals surface area contributed by atoms with Crippen LogP contribution in [0.5, 0.6) is 0 Å². The van der Waals surface area contributed by atoms with Gasteiger partial charge in [-0.25, -0.2) is 0 Å². The van der Waals surface area contributed by atoms with E-state index in [0.717, 1.165) is 22.9 Å². The lowest BCUT2D eigenvalue weighted by molar-refractivity contribution is 0.327. The molecule has 2 aliphatic carbocycles. The maximum Gasteiger partial charge on any atom is 0.0409 e. The molecular weight excluding hydrogens is 230 g/mol. The molecule has 2 aliphatic rings. The van der Waals surface area contributed by atoms with E-state index in [1.54, 1.807) is 0 Å². The van der Waals surface area contributed by atoms with Gasteiger partial charge in [0.1, 0.15) is 0 Å². The summed E-state index contributed by atoms with van der Waals surface area (Å²) in [6, 6.07) is 9.37. The van der Waals surface area contributed by atoms with Crippen molar-refractivity contribution in [3.05, 3.63) is 34.9 Å². The van der Waals surface area contributed by atoms with E-state index in [2.05, 4.69) is 24.4 Å². The fourth-order valence-corrected chi connectivity index (χ4v) is 3.84. The van der Waals surface area contributed by atoms with E-state index < -0.39 is 0 Å². The van der Waals surface area contributed by atoms with Crippen molar-refractivity contribution in [3.63, 3.8) is 0 Å². The van der Waals surface area contributed by atoms with Crippen molar-refractivity contribution in [2.24, 2.45) is 11.8 Å². The molecule has 1 nitrogen and oxygen atoms in total. The van der Waals surface area contributed by atoms with Gasteiger partial charge in [-0.2, -0.15) is 0 Å². The van der Waals surface area contributed by atoms with Crippen LogP contribution in [0.15, 0.2) is 24.3 Å². The Bertz CT molecular complexity index is 404. The second-order valence-electron chi connectivity index (χ2n) is 5.72. The molecule has 1 N–H and O–H groups in total. The van der Waals surface area contributed by atoms with Gasteiger partial charge >= 0.3 is 0 Å². The first-order valence-electron chi connectivity index (χ1n) is 6.74. The highest BCUT2D eigenvalue weighted by Gasteiger charge is 2.39. The Balaban J connectivity index is 1.65. The average molecular weight is 250 g/mol. The molecule has 0 spiro atoms. The van der Waals surface area contributed by atoms with Gasteiger partial charge in [0.2, 0.25) is 0 Å². The third-order valence-corrected chi connectivity index (χ3v) is 4.79. The predicted molar refractivity (Wildman–Crippen MR) is 72.2 cm³/mol. The molecule has 2 heteroatoms. The zero-order valence-corrected chi connectivity index (χ0v) is 11.1. The smallest absolute Gasteiger partial charge is 0.0409 e. The topological polar surface area (TPSA) is 12.0 Å². The number of hydrogen-bond acceptors (Lipinski definition) is 1. The Hall–Kier alpha value is -0.530. The molecule has 1 aromatic carbocycles. The van der Waals surface area contributed by atoms with Crippen LogP contribution in [0.1, 0.15) is 44.2 Å². The third-order valence-electron chi connectivity index (χ3n) is 4.55. The monoisotopic (exact) mass is 249 g/mol. The summed E-state index contributed by atoms with van der Waals surface area (Å²) in [7, 11) is 0. The molecule has 0 heterocycles. The quantitative estimate of drug-likeness (QED) is 0.848. The van der Waals surface area contributed by atoms with Crippen molar-refractivity contribution in [3.8, 4) is 0 Å². The first-order valence-corrected chi connectivity index (χ1v) is 7.11. The Kier molecular flexibility index (Phi) is 3.14. The summed E-state index contributed by atoms with van der Waals surface area (Å²) in [5.41, 5.74) is 1.31. The highest BCUT2D eigenvalue weighted by Crippen LogP contribution is 2.45. The van der Waals surface area contributed by atoms with E-state index in [4.69, 9.17) is 11.6 Å². The summed E-state index contributed by atoms with van der Waals surface area (Å²) in [6.45, 7) is 2.25. The lowest BCUT2D eigenvalue weighted by Crippen LogP contribution is -2.35. The molecule has 3 rings (SSSR count). The molecule has 0 aliphatic heterocycles. The van der Waals surface area contributed by atoms with Crippen LogP contribution in [-0.4, -0.2) is 6.04 Å². The first kappa shape index (κ1) is 11.6. The van der Waals surface area contributed by atoms with Crippen LogP contribution in [0.25, 0.3) is 0 Å². The average Bonchev–Trinajstić information content (AvgIpc) is 2.91. The number of nitrogens with one attached hydrogen (secondary N) is 1. The Morgan fingerprint density at radius 3 is 2.82 bits per heavy atom. The number of benzene rings is 1. The molecule has 1 aromatic rings.